The molecule has 96 valence electrons. The second kappa shape index (κ2) is 3.60. The van der Waals surface area contributed by atoms with Gasteiger partial charge in [-0.1, -0.05) is 36.2 Å². The molecular weight excluding hydrogens is 220 g/mol. The molecule has 3 fully saturated rings. The standard InChI is InChI=1S/C17H22O/c1-11-4-2-5-13(8-11)17(18)10-12-9-16(17)15-7-3-6-14(12)15/h2,4-5,8,12,14-16,18H,3,6-7,9-10H2,1H3. The van der Waals surface area contributed by atoms with Crippen LogP contribution in [0.5, 0.6) is 0 Å². The van der Waals surface area contributed by atoms with Crippen molar-refractivity contribution >= 4 is 0 Å². The highest BCUT2D eigenvalue weighted by atomic mass is 16.3. The van der Waals surface area contributed by atoms with Gasteiger partial charge in [-0.3, -0.25) is 0 Å². The number of aryl methyl sites for hydroxylation is 1. The summed E-state index contributed by atoms with van der Waals surface area (Å²) in [5, 5.41) is 11.2. The molecule has 5 unspecified atom stereocenters. The zero-order chi connectivity index (χ0) is 12.3. The van der Waals surface area contributed by atoms with E-state index in [1.54, 1.807) is 0 Å². The van der Waals surface area contributed by atoms with Crippen LogP contribution in [-0.4, -0.2) is 5.11 Å². The first-order valence-corrected chi connectivity index (χ1v) is 7.48. The zero-order valence-corrected chi connectivity index (χ0v) is 11.1. The summed E-state index contributed by atoms with van der Waals surface area (Å²) in [6.45, 7) is 2.12. The van der Waals surface area contributed by atoms with Gasteiger partial charge in [-0.15, -0.1) is 0 Å². The van der Waals surface area contributed by atoms with Gasteiger partial charge in [-0.25, -0.2) is 0 Å². The quantitative estimate of drug-likeness (QED) is 0.797. The third-order valence-corrected chi connectivity index (χ3v) is 6.01. The molecule has 0 amide bonds. The van der Waals surface area contributed by atoms with E-state index in [-0.39, 0.29) is 0 Å². The van der Waals surface area contributed by atoms with Crippen LogP contribution < -0.4 is 0 Å². The number of hydrogen-bond acceptors (Lipinski definition) is 1. The van der Waals surface area contributed by atoms with Gasteiger partial charge in [0.25, 0.3) is 0 Å². The van der Waals surface area contributed by atoms with Gasteiger partial charge in [0.15, 0.2) is 0 Å². The highest BCUT2D eigenvalue weighted by molar-refractivity contribution is 5.31. The summed E-state index contributed by atoms with van der Waals surface area (Å²) in [5.74, 6) is 3.10. The summed E-state index contributed by atoms with van der Waals surface area (Å²) < 4.78 is 0. The minimum Gasteiger partial charge on any atom is -0.385 e. The van der Waals surface area contributed by atoms with Gasteiger partial charge in [-0.05, 0) is 61.8 Å². The third-order valence-electron chi connectivity index (χ3n) is 6.01. The lowest BCUT2D eigenvalue weighted by atomic mass is 9.70. The Balaban J connectivity index is 1.73. The first-order valence-electron chi connectivity index (χ1n) is 7.48. The van der Waals surface area contributed by atoms with Gasteiger partial charge < -0.3 is 5.11 Å². The summed E-state index contributed by atoms with van der Waals surface area (Å²) in [4.78, 5) is 0. The summed E-state index contributed by atoms with van der Waals surface area (Å²) in [7, 11) is 0. The fraction of sp³-hybridized carbons (Fsp3) is 0.647. The fourth-order valence-corrected chi connectivity index (χ4v) is 5.36. The van der Waals surface area contributed by atoms with E-state index in [4.69, 9.17) is 0 Å². The Hall–Kier alpha value is -0.820. The molecule has 1 nitrogen and oxygen atoms in total. The monoisotopic (exact) mass is 242 g/mol. The Bertz CT molecular complexity index is 480. The Kier molecular flexibility index (Phi) is 2.21. The lowest BCUT2D eigenvalue weighted by Crippen LogP contribution is -2.38. The van der Waals surface area contributed by atoms with Crippen LogP contribution >= 0.6 is 0 Å². The molecule has 0 aliphatic heterocycles. The molecule has 0 aromatic heterocycles. The van der Waals surface area contributed by atoms with Gasteiger partial charge in [-0.2, -0.15) is 0 Å². The van der Waals surface area contributed by atoms with Crippen molar-refractivity contribution in [3.63, 3.8) is 0 Å². The molecular formula is C17H22O. The van der Waals surface area contributed by atoms with E-state index in [0.717, 1.165) is 24.2 Å². The molecule has 1 aromatic rings. The topological polar surface area (TPSA) is 20.2 Å². The molecule has 1 aromatic carbocycles. The number of aliphatic hydroxyl groups is 1. The first kappa shape index (κ1) is 11.0. The molecule has 0 spiro atoms. The van der Waals surface area contributed by atoms with E-state index in [2.05, 4.69) is 31.2 Å². The Morgan fingerprint density at radius 2 is 2.06 bits per heavy atom. The normalized spacial score (nSPS) is 45.4. The van der Waals surface area contributed by atoms with E-state index in [9.17, 15) is 5.11 Å². The average molecular weight is 242 g/mol. The predicted octanol–water partition coefficient (Wildman–Crippen LogP) is 3.64. The highest BCUT2D eigenvalue weighted by Crippen LogP contribution is 2.65. The van der Waals surface area contributed by atoms with Crippen molar-refractivity contribution in [2.45, 2.75) is 44.6 Å². The SMILES string of the molecule is Cc1cccc(C2(O)CC3CC2C2CCCC32)c1. The zero-order valence-electron chi connectivity index (χ0n) is 11.1. The van der Waals surface area contributed by atoms with Crippen LogP contribution in [0.15, 0.2) is 24.3 Å². The van der Waals surface area contributed by atoms with Crippen molar-refractivity contribution in [2.75, 3.05) is 0 Å². The first-order chi connectivity index (χ1) is 8.68. The van der Waals surface area contributed by atoms with Crippen molar-refractivity contribution in [1.82, 2.24) is 0 Å². The molecule has 5 atom stereocenters. The van der Waals surface area contributed by atoms with Gasteiger partial charge in [0.1, 0.15) is 0 Å². The molecule has 1 heteroatoms. The molecule has 3 aliphatic carbocycles. The summed E-state index contributed by atoms with van der Waals surface area (Å²) in [5.41, 5.74) is 1.94. The van der Waals surface area contributed by atoms with E-state index in [1.807, 2.05) is 0 Å². The van der Waals surface area contributed by atoms with Crippen LogP contribution in [0.2, 0.25) is 0 Å². The van der Waals surface area contributed by atoms with E-state index in [0.29, 0.717) is 5.92 Å². The average Bonchev–Trinajstić information content (AvgIpc) is 2.99. The molecule has 3 saturated carbocycles. The third kappa shape index (κ3) is 1.31. The van der Waals surface area contributed by atoms with Gasteiger partial charge in [0.05, 0.1) is 5.60 Å². The van der Waals surface area contributed by atoms with Crippen molar-refractivity contribution in [1.29, 1.82) is 0 Å². The number of fused-ring (bicyclic) bond motifs is 5. The fourth-order valence-electron chi connectivity index (χ4n) is 5.36. The van der Waals surface area contributed by atoms with Crippen LogP contribution in [-0.2, 0) is 5.60 Å². The Labute approximate surface area is 109 Å². The Morgan fingerprint density at radius 3 is 2.89 bits per heavy atom. The maximum Gasteiger partial charge on any atom is 0.0930 e. The molecule has 3 aliphatic rings. The van der Waals surface area contributed by atoms with E-state index < -0.39 is 5.60 Å². The minimum atomic E-state index is -0.512. The second-order valence-electron chi connectivity index (χ2n) is 6.86. The van der Waals surface area contributed by atoms with Crippen LogP contribution in [0.3, 0.4) is 0 Å². The molecule has 2 bridgehead atoms. The van der Waals surface area contributed by atoms with E-state index in [1.165, 1.54) is 36.8 Å². The molecule has 1 N–H and O–H groups in total. The van der Waals surface area contributed by atoms with Crippen molar-refractivity contribution < 1.29 is 5.11 Å². The van der Waals surface area contributed by atoms with Gasteiger partial charge >= 0.3 is 0 Å². The van der Waals surface area contributed by atoms with Crippen LogP contribution in [0.4, 0.5) is 0 Å². The van der Waals surface area contributed by atoms with Crippen LogP contribution in [0.25, 0.3) is 0 Å². The molecule has 0 saturated heterocycles. The minimum absolute atomic E-state index is 0.512. The number of hydrogen-bond donors (Lipinski definition) is 1. The van der Waals surface area contributed by atoms with Crippen LogP contribution in [0.1, 0.15) is 43.2 Å². The molecule has 4 rings (SSSR count). The van der Waals surface area contributed by atoms with E-state index >= 15 is 0 Å². The molecule has 0 heterocycles. The predicted molar refractivity (Wildman–Crippen MR) is 72.1 cm³/mol. The van der Waals surface area contributed by atoms with Crippen molar-refractivity contribution in [3.8, 4) is 0 Å². The summed E-state index contributed by atoms with van der Waals surface area (Å²) in [6, 6.07) is 8.56. The van der Waals surface area contributed by atoms with Crippen LogP contribution in [0, 0.1) is 30.6 Å². The lowest BCUT2D eigenvalue weighted by Gasteiger charge is -2.39. The second-order valence-corrected chi connectivity index (χ2v) is 6.86. The largest absolute Gasteiger partial charge is 0.385 e. The molecule has 18 heavy (non-hydrogen) atoms. The van der Waals surface area contributed by atoms with Gasteiger partial charge in [0, 0.05) is 0 Å². The van der Waals surface area contributed by atoms with Gasteiger partial charge in [0.2, 0.25) is 0 Å². The maximum absolute atomic E-state index is 11.2. The van der Waals surface area contributed by atoms with Crippen molar-refractivity contribution in [2.24, 2.45) is 23.7 Å². The summed E-state index contributed by atoms with van der Waals surface area (Å²) in [6.07, 6.45) is 6.48. The van der Waals surface area contributed by atoms with Crippen molar-refractivity contribution in [3.05, 3.63) is 35.4 Å². The highest BCUT2D eigenvalue weighted by Gasteiger charge is 2.60. The summed E-state index contributed by atoms with van der Waals surface area (Å²) >= 11 is 0. The number of benzene rings is 1. The smallest absolute Gasteiger partial charge is 0.0930 e. The lowest BCUT2D eigenvalue weighted by molar-refractivity contribution is -0.0512. The maximum atomic E-state index is 11.2. The Morgan fingerprint density at radius 1 is 1.22 bits per heavy atom. The molecule has 0 radical (unpaired) electrons. The number of rotatable bonds is 1.